The maximum Gasteiger partial charge on any atom is 0.142 e. The van der Waals surface area contributed by atoms with Crippen LogP contribution in [0.15, 0.2) is 60.9 Å². The van der Waals surface area contributed by atoms with Gasteiger partial charge in [-0.1, -0.05) is 0 Å². The van der Waals surface area contributed by atoms with E-state index in [1.165, 1.54) is 24.3 Å². The van der Waals surface area contributed by atoms with Crippen LogP contribution in [0.2, 0.25) is 0 Å². The third kappa shape index (κ3) is 3.78. The smallest absolute Gasteiger partial charge is 0.142 e. The molecule has 2 aromatic carbocycles. The van der Waals surface area contributed by atoms with Crippen LogP contribution in [0.25, 0.3) is 21.8 Å². The van der Waals surface area contributed by atoms with Gasteiger partial charge in [0.05, 0.1) is 0 Å². The molecule has 7 heteroatoms. The SMILES string of the molecule is Oc1ccc(O)c2ncccc12.Oc1ccc(O)c2ncccc12.[Zn]. The van der Waals surface area contributed by atoms with Crippen LogP contribution in [0.1, 0.15) is 0 Å². The summed E-state index contributed by atoms with van der Waals surface area (Å²) < 4.78 is 0. The first-order valence-electron chi connectivity index (χ1n) is 7.09. The first kappa shape index (κ1) is 18.4. The molecule has 0 radical (unpaired) electrons. The maximum atomic E-state index is 9.34. The summed E-state index contributed by atoms with van der Waals surface area (Å²) in [6, 6.07) is 12.6. The largest absolute Gasteiger partial charge is 0.507 e. The Morgan fingerprint density at radius 1 is 0.520 bits per heavy atom. The van der Waals surface area contributed by atoms with Crippen LogP contribution in [0.5, 0.6) is 23.0 Å². The van der Waals surface area contributed by atoms with Gasteiger partial charge < -0.3 is 20.4 Å². The molecule has 4 N–H and O–H groups in total. The van der Waals surface area contributed by atoms with Crippen molar-refractivity contribution in [1.82, 2.24) is 9.97 Å². The Bertz CT molecular complexity index is 860. The van der Waals surface area contributed by atoms with Gasteiger partial charge in [-0.25, -0.2) is 0 Å². The standard InChI is InChI=1S/2C9H7NO2.Zn/c2*11-7-3-4-8(12)9-6(7)2-1-5-10-9;/h2*1-5,11-12H;. The molecule has 0 aliphatic rings. The minimum Gasteiger partial charge on any atom is -0.507 e. The van der Waals surface area contributed by atoms with Crippen molar-refractivity contribution < 1.29 is 39.9 Å². The minimum atomic E-state index is 0. The first-order chi connectivity index (χ1) is 11.6. The molecular formula is C18H14N2O4Zn. The fourth-order valence-corrected chi connectivity index (χ4v) is 2.29. The molecule has 0 atom stereocenters. The van der Waals surface area contributed by atoms with E-state index >= 15 is 0 Å². The number of aromatic nitrogens is 2. The number of fused-ring (bicyclic) bond motifs is 2. The Balaban J connectivity index is 0.000000173. The fourth-order valence-electron chi connectivity index (χ4n) is 2.29. The zero-order valence-corrected chi connectivity index (χ0v) is 16.1. The Morgan fingerprint density at radius 2 is 0.880 bits per heavy atom. The molecule has 0 saturated carbocycles. The zero-order valence-electron chi connectivity index (χ0n) is 13.2. The second-order valence-corrected chi connectivity index (χ2v) is 5.01. The Labute approximate surface area is 155 Å². The van der Waals surface area contributed by atoms with Gasteiger partial charge in [-0.15, -0.1) is 0 Å². The van der Waals surface area contributed by atoms with Crippen molar-refractivity contribution in [3.05, 3.63) is 60.9 Å². The Hall–Kier alpha value is -2.92. The van der Waals surface area contributed by atoms with Crippen LogP contribution < -0.4 is 0 Å². The van der Waals surface area contributed by atoms with E-state index in [-0.39, 0.29) is 42.5 Å². The number of hydrogen-bond acceptors (Lipinski definition) is 6. The van der Waals surface area contributed by atoms with E-state index in [4.69, 9.17) is 0 Å². The topological polar surface area (TPSA) is 107 Å². The number of nitrogens with zero attached hydrogens (tertiary/aromatic N) is 2. The van der Waals surface area contributed by atoms with E-state index in [0.717, 1.165) is 0 Å². The third-order valence-corrected chi connectivity index (χ3v) is 3.45. The monoisotopic (exact) mass is 386 g/mol. The molecule has 0 fully saturated rings. The van der Waals surface area contributed by atoms with Crippen molar-refractivity contribution in [3.8, 4) is 23.0 Å². The number of aromatic hydroxyl groups is 4. The predicted octanol–water partition coefficient (Wildman–Crippen LogP) is 3.29. The van der Waals surface area contributed by atoms with Gasteiger partial charge in [-0.2, -0.15) is 0 Å². The molecule has 0 aliphatic carbocycles. The third-order valence-electron chi connectivity index (χ3n) is 3.45. The molecule has 6 nitrogen and oxygen atoms in total. The van der Waals surface area contributed by atoms with Crippen molar-refractivity contribution >= 4 is 21.8 Å². The average molecular weight is 388 g/mol. The molecule has 2 aromatic heterocycles. The summed E-state index contributed by atoms with van der Waals surface area (Å²) in [6.07, 6.45) is 3.14. The molecule has 122 valence electrons. The summed E-state index contributed by atoms with van der Waals surface area (Å²) in [5.41, 5.74) is 0.856. The molecule has 0 aliphatic heterocycles. The summed E-state index contributed by atoms with van der Waals surface area (Å²) in [5, 5.41) is 38.5. The van der Waals surface area contributed by atoms with Crippen molar-refractivity contribution in [2.24, 2.45) is 0 Å². The Morgan fingerprint density at radius 3 is 1.24 bits per heavy atom. The van der Waals surface area contributed by atoms with Gasteiger partial charge >= 0.3 is 0 Å². The normalized spacial score (nSPS) is 9.92. The molecule has 0 spiro atoms. The van der Waals surface area contributed by atoms with E-state index < -0.39 is 0 Å². The van der Waals surface area contributed by atoms with E-state index in [1.807, 2.05) is 0 Å². The molecule has 0 unspecified atom stereocenters. The van der Waals surface area contributed by atoms with Gasteiger partial charge in [0.2, 0.25) is 0 Å². The second-order valence-electron chi connectivity index (χ2n) is 5.01. The summed E-state index contributed by atoms with van der Waals surface area (Å²) >= 11 is 0. The molecule has 0 amide bonds. The number of phenols is 4. The molecule has 4 aromatic rings. The minimum absolute atomic E-state index is 0. The van der Waals surface area contributed by atoms with Crippen molar-refractivity contribution in [2.75, 3.05) is 0 Å². The van der Waals surface area contributed by atoms with Crippen LogP contribution in [-0.4, -0.2) is 30.4 Å². The fraction of sp³-hybridized carbons (Fsp3) is 0. The van der Waals surface area contributed by atoms with Crippen LogP contribution in [0.4, 0.5) is 0 Å². The Kier molecular flexibility index (Phi) is 5.73. The van der Waals surface area contributed by atoms with E-state index in [2.05, 4.69) is 9.97 Å². The number of phenolic OH excluding ortho intramolecular Hbond substituents is 4. The van der Waals surface area contributed by atoms with Crippen LogP contribution in [-0.2, 0) is 19.5 Å². The molecule has 25 heavy (non-hydrogen) atoms. The van der Waals surface area contributed by atoms with E-state index in [0.29, 0.717) is 21.8 Å². The number of hydrogen-bond donors (Lipinski definition) is 4. The maximum absolute atomic E-state index is 9.34. The van der Waals surface area contributed by atoms with E-state index in [9.17, 15) is 20.4 Å². The molecule has 0 bridgehead atoms. The quantitative estimate of drug-likeness (QED) is 0.272. The molecular weight excluding hydrogens is 374 g/mol. The van der Waals surface area contributed by atoms with Gasteiger partial charge in [0.15, 0.2) is 0 Å². The predicted molar refractivity (Wildman–Crippen MR) is 90.1 cm³/mol. The summed E-state index contributed by atoms with van der Waals surface area (Å²) in [4.78, 5) is 7.86. The second kappa shape index (κ2) is 7.77. The summed E-state index contributed by atoms with van der Waals surface area (Å²) in [7, 11) is 0. The number of pyridine rings is 2. The average Bonchev–Trinajstić information content (AvgIpc) is 2.63. The number of benzene rings is 2. The van der Waals surface area contributed by atoms with Gasteiger partial charge in [-0.3, -0.25) is 9.97 Å². The van der Waals surface area contributed by atoms with Crippen LogP contribution in [0.3, 0.4) is 0 Å². The summed E-state index contributed by atoms with van der Waals surface area (Å²) in [6.45, 7) is 0. The van der Waals surface area contributed by atoms with Crippen molar-refractivity contribution in [3.63, 3.8) is 0 Å². The zero-order chi connectivity index (χ0) is 17.1. The van der Waals surface area contributed by atoms with Crippen LogP contribution in [0, 0.1) is 0 Å². The number of rotatable bonds is 0. The van der Waals surface area contributed by atoms with Crippen LogP contribution >= 0.6 is 0 Å². The molecule has 2 heterocycles. The van der Waals surface area contributed by atoms with Crippen molar-refractivity contribution in [2.45, 2.75) is 0 Å². The van der Waals surface area contributed by atoms with Gasteiger partial charge in [0, 0.05) is 42.6 Å². The van der Waals surface area contributed by atoms with E-state index in [1.54, 1.807) is 36.7 Å². The van der Waals surface area contributed by atoms with Gasteiger partial charge in [0.1, 0.15) is 34.0 Å². The molecule has 0 saturated heterocycles. The molecule has 4 rings (SSSR count). The van der Waals surface area contributed by atoms with Crippen molar-refractivity contribution in [1.29, 1.82) is 0 Å². The van der Waals surface area contributed by atoms with Gasteiger partial charge in [0.25, 0.3) is 0 Å². The van der Waals surface area contributed by atoms with Gasteiger partial charge in [-0.05, 0) is 48.5 Å². The summed E-state index contributed by atoms with van der Waals surface area (Å²) in [5.74, 6) is 0.443. The first-order valence-corrected chi connectivity index (χ1v) is 7.09.